The second-order valence-corrected chi connectivity index (χ2v) is 7.06. The van der Waals surface area contributed by atoms with Gasteiger partial charge in [-0.15, -0.1) is 0 Å². The summed E-state index contributed by atoms with van der Waals surface area (Å²) in [6.07, 6.45) is 3.24. The molecule has 0 atom stereocenters. The summed E-state index contributed by atoms with van der Waals surface area (Å²) in [5, 5.41) is 5.75. The van der Waals surface area contributed by atoms with E-state index < -0.39 is 0 Å². The number of carbonyl (C=O) groups is 1. The van der Waals surface area contributed by atoms with Gasteiger partial charge in [-0.3, -0.25) is 9.78 Å². The van der Waals surface area contributed by atoms with Crippen molar-refractivity contribution in [2.24, 2.45) is 5.10 Å². The monoisotopic (exact) mass is 403 g/mol. The molecular formula is C22H17N3O3S. The number of rotatable bonds is 6. The summed E-state index contributed by atoms with van der Waals surface area (Å²) in [6, 6.07) is 20.4. The topological polar surface area (TPSA) is 76.7 Å². The fourth-order valence-corrected chi connectivity index (χ4v) is 3.59. The van der Waals surface area contributed by atoms with E-state index >= 15 is 0 Å². The lowest BCUT2D eigenvalue weighted by Gasteiger charge is -2.03. The number of nitrogens with zero attached hydrogens (tertiary/aromatic N) is 2. The lowest BCUT2D eigenvalue weighted by Crippen LogP contribution is -2.17. The molecule has 0 bridgehead atoms. The molecule has 1 N–H and O–H groups in total. The average molecular weight is 403 g/mol. The van der Waals surface area contributed by atoms with E-state index in [9.17, 15) is 4.79 Å². The van der Waals surface area contributed by atoms with E-state index in [-0.39, 0.29) is 5.91 Å². The zero-order chi connectivity index (χ0) is 20.1. The molecule has 0 radical (unpaired) electrons. The van der Waals surface area contributed by atoms with Gasteiger partial charge in [0.15, 0.2) is 5.09 Å². The number of fused-ring (bicyclic) bond motifs is 1. The quantitative estimate of drug-likeness (QED) is 0.371. The van der Waals surface area contributed by atoms with Crippen LogP contribution < -0.4 is 10.2 Å². The summed E-state index contributed by atoms with van der Waals surface area (Å²) in [6.45, 7) is 0. The van der Waals surface area contributed by atoms with Gasteiger partial charge in [-0.1, -0.05) is 18.2 Å². The number of pyridine rings is 1. The second-order valence-electron chi connectivity index (χ2n) is 6.02. The normalized spacial score (nSPS) is 11.1. The van der Waals surface area contributed by atoms with Crippen molar-refractivity contribution in [3.05, 3.63) is 84.3 Å². The summed E-state index contributed by atoms with van der Waals surface area (Å²) >= 11 is 1.49. The number of aromatic nitrogens is 1. The Kier molecular flexibility index (Phi) is 5.58. The minimum atomic E-state index is -0.313. The summed E-state index contributed by atoms with van der Waals surface area (Å²) in [7, 11) is 1.58. The van der Waals surface area contributed by atoms with Crippen LogP contribution in [-0.4, -0.2) is 24.2 Å². The lowest BCUT2D eigenvalue weighted by molar-refractivity contribution is 0.0955. The molecule has 6 nitrogen and oxygen atoms in total. The van der Waals surface area contributed by atoms with Crippen molar-refractivity contribution in [3.63, 3.8) is 0 Å². The zero-order valence-corrected chi connectivity index (χ0v) is 16.3. The molecular weight excluding hydrogens is 386 g/mol. The van der Waals surface area contributed by atoms with Gasteiger partial charge in [-0.25, -0.2) is 5.43 Å². The molecule has 0 aliphatic heterocycles. The first kappa shape index (κ1) is 18.8. The highest BCUT2D eigenvalue weighted by molar-refractivity contribution is 7.99. The van der Waals surface area contributed by atoms with E-state index in [1.807, 2.05) is 36.4 Å². The highest BCUT2D eigenvalue weighted by atomic mass is 32.2. The van der Waals surface area contributed by atoms with E-state index in [1.54, 1.807) is 43.6 Å². The Bertz CT molecular complexity index is 1160. The predicted octanol–water partition coefficient (Wildman–Crippen LogP) is 4.75. The highest BCUT2D eigenvalue weighted by Crippen LogP contribution is 2.33. The molecule has 29 heavy (non-hydrogen) atoms. The molecule has 0 saturated carbocycles. The molecule has 2 aromatic carbocycles. The fraction of sp³-hybridized carbons (Fsp3) is 0.0455. The largest absolute Gasteiger partial charge is 0.497 e. The van der Waals surface area contributed by atoms with Crippen LogP contribution in [0.5, 0.6) is 5.75 Å². The molecule has 2 heterocycles. The first-order chi connectivity index (χ1) is 14.2. The SMILES string of the molecule is COc1ccc(C(=O)NN=Cc2ccc(Sc3cccc4cccnc34)o2)cc1. The number of ether oxygens (including phenoxy) is 1. The smallest absolute Gasteiger partial charge is 0.271 e. The fourth-order valence-electron chi connectivity index (χ4n) is 2.69. The standard InChI is InChI=1S/C22H17N3O3S/c1-27-17-9-7-16(8-10-17)22(26)25-24-14-18-11-12-20(28-18)29-19-6-2-4-15-5-3-13-23-21(15)19/h2-14H,1H3,(H,25,26). The number of amides is 1. The molecule has 0 aliphatic carbocycles. The van der Waals surface area contributed by atoms with Crippen LogP contribution in [0.2, 0.25) is 0 Å². The van der Waals surface area contributed by atoms with E-state index in [0.29, 0.717) is 22.2 Å². The van der Waals surface area contributed by atoms with Crippen molar-refractivity contribution < 1.29 is 13.9 Å². The van der Waals surface area contributed by atoms with E-state index in [4.69, 9.17) is 9.15 Å². The van der Waals surface area contributed by atoms with Gasteiger partial charge >= 0.3 is 0 Å². The summed E-state index contributed by atoms with van der Waals surface area (Å²) in [5.74, 6) is 0.912. The number of benzene rings is 2. The minimum absolute atomic E-state index is 0.313. The van der Waals surface area contributed by atoms with Crippen LogP contribution in [0.3, 0.4) is 0 Å². The van der Waals surface area contributed by atoms with Gasteiger partial charge in [-0.05, 0) is 60.3 Å². The summed E-state index contributed by atoms with van der Waals surface area (Å²) in [5.41, 5.74) is 3.90. The van der Waals surface area contributed by atoms with E-state index in [2.05, 4.69) is 15.5 Å². The molecule has 2 aromatic heterocycles. The Morgan fingerprint density at radius 2 is 1.93 bits per heavy atom. The first-order valence-electron chi connectivity index (χ1n) is 8.82. The molecule has 0 unspecified atom stereocenters. The third-order valence-corrected chi connectivity index (χ3v) is 5.09. The summed E-state index contributed by atoms with van der Waals surface area (Å²) in [4.78, 5) is 17.6. The zero-order valence-electron chi connectivity index (χ0n) is 15.5. The second kappa shape index (κ2) is 8.62. The van der Waals surface area contributed by atoms with Gasteiger partial charge in [0.2, 0.25) is 0 Å². The van der Waals surface area contributed by atoms with Crippen LogP contribution in [0.1, 0.15) is 16.1 Å². The molecule has 4 rings (SSSR count). The Labute approximate surface area is 171 Å². The average Bonchev–Trinajstić information content (AvgIpc) is 3.21. The maximum Gasteiger partial charge on any atom is 0.271 e. The van der Waals surface area contributed by atoms with Crippen molar-refractivity contribution in [2.45, 2.75) is 9.99 Å². The number of hydrogen-bond acceptors (Lipinski definition) is 6. The molecule has 4 aromatic rings. The molecule has 144 valence electrons. The van der Waals surface area contributed by atoms with Crippen LogP contribution in [0.15, 0.2) is 92.4 Å². The van der Waals surface area contributed by atoms with Crippen molar-refractivity contribution in [3.8, 4) is 5.75 Å². The number of nitrogens with one attached hydrogen (secondary N) is 1. The maximum absolute atomic E-state index is 12.1. The van der Waals surface area contributed by atoms with Gasteiger partial charge in [0.05, 0.1) is 18.8 Å². The Morgan fingerprint density at radius 3 is 2.76 bits per heavy atom. The first-order valence-corrected chi connectivity index (χ1v) is 9.63. The molecule has 0 fully saturated rings. The number of hydrazone groups is 1. The van der Waals surface area contributed by atoms with Crippen molar-refractivity contribution in [2.75, 3.05) is 7.11 Å². The molecule has 7 heteroatoms. The lowest BCUT2D eigenvalue weighted by atomic mass is 10.2. The third kappa shape index (κ3) is 4.47. The number of furan rings is 1. The van der Waals surface area contributed by atoms with Gasteiger partial charge in [0, 0.05) is 22.0 Å². The van der Waals surface area contributed by atoms with Gasteiger partial charge in [0.1, 0.15) is 11.5 Å². The maximum atomic E-state index is 12.1. The van der Waals surface area contributed by atoms with Crippen molar-refractivity contribution in [1.82, 2.24) is 10.4 Å². The van der Waals surface area contributed by atoms with Crippen LogP contribution in [0.25, 0.3) is 10.9 Å². The van der Waals surface area contributed by atoms with Crippen LogP contribution in [-0.2, 0) is 0 Å². The van der Waals surface area contributed by atoms with Crippen LogP contribution in [0, 0.1) is 0 Å². The van der Waals surface area contributed by atoms with E-state index in [0.717, 1.165) is 15.8 Å². The van der Waals surface area contributed by atoms with Crippen molar-refractivity contribution in [1.29, 1.82) is 0 Å². The van der Waals surface area contributed by atoms with Gasteiger partial charge < -0.3 is 9.15 Å². The van der Waals surface area contributed by atoms with Crippen LogP contribution in [0.4, 0.5) is 0 Å². The third-order valence-electron chi connectivity index (χ3n) is 4.12. The molecule has 0 aliphatic rings. The number of methoxy groups -OCH3 is 1. The predicted molar refractivity (Wildman–Crippen MR) is 113 cm³/mol. The number of carbonyl (C=O) groups excluding carboxylic acids is 1. The number of hydrogen-bond donors (Lipinski definition) is 1. The summed E-state index contributed by atoms with van der Waals surface area (Å²) < 4.78 is 10.8. The number of para-hydroxylation sites is 1. The van der Waals surface area contributed by atoms with Gasteiger partial charge in [-0.2, -0.15) is 5.10 Å². The molecule has 1 amide bonds. The molecule has 0 saturated heterocycles. The molecule has 0 spiro atoms. The minimum Gasteiger partial charge on any atom is -0.497 e. The Hall–Kier alpha value is -3.58. The Morgan fingerprint density at radius 1 is 1.10 bits per heavy atom. The Balaban J connectivity index is 1.40. The highest BCUT2D eigenvalue weighted by Gasteiger charge is 2.08. The van der Waals surface area contributed by atoms with Crippen LogP contribution >= 0.6 is 11.8 Å². The van der Waals surface area contributed by atoms with Crippen molar-refractivity contribution >= 4 is 34.8 Å². The van der Waals surface area contributed by atoms with Gasteiger partial charge in [0.25, 0.3) is 5.91 Å². The van der Waals surface area contributed by atoms with E-state index in [1.165, 1.54) is 18.0 Å².